The van der Waals surface area contributed by atoms with Crippen molar-refractivity contribution in [2.24, 2.45) is 11.3 Å². The summed E-state index contributed by atoms with van der Waals surface area (Å²) < 4.78 is 0. The van der Waals surface area contributed by atoms with Gasteiger partial charge in [-0.1, -0.05) is 20.8 Å². The zero-order valence-corrected chi connectivity index (χ0v) is 10.3. The number of hydrogen-bond donors (Lipinski definition) is 0. The van der Waals surface area contributed by atoms with E-state index in [4.69, 9.17) is 11.6 Å². The van der Waals surface area contributed by atoms with Gasteiger partial charge in [0.1, 0.15) is 0 Å². The van der Waals surface area contributed by atoms with Crippen LogP contribution in [-0.4, -0.2) is 29.8 Å². The van der Waals surface area contributed by atoms with Gasteiger partial charge in [0.05, 0.1) is 0 Å². The maximum atomic E-state index is 11.8. The molecule has 1 aliphatic carbocycles. The zero-order chi connectivity index (χ0) is 10.9. The summed E-state index contributed by atoms with van der Waals surface area (Å²) in [6, 6.07) is 0. The third kappa shape index (κ3) is 2.88. The van der Waals surface area contributed by atoms with Crippen LogP contribution in [0.3, 0.4) is 0 Å². The highest BCUT2D eigenvalue weighted by molar-refractivity contribution is 6.21. The van der Waals surface area contributed by atoms with Crippen LogP contribution in [0.25, 0.3) is 0 Å². The third-order valence-electron chi connectivity index (χ3n) is 2.70. The van der Waals surface area contributed by atoms with Crippen LogP contribution in [0.1, 0.15) is 33.6 Å². The minimum Gasteiger partial charge on any atom is -0.345 e. The summed E-state index contributed by atoms with van der Waals surface area (Å²) in [5, 5.41) is 0.345. The lowest BCUT2D eigenvalue weighted by Gasteiger charge is -2.36. The quantitative estimate of drug-likeness (QED) is 0.651. The number of carbonyl (C=O) groups is 1. The number of rotatable bonds is 2. The van der Waals surface area contributed by atoms with Gasteiger partial charge in [0.2, 0.25) is 5.91 Å². The minimum absolute atomic E-state index is 0.218. The molecule has 0 aliphatic heterocycles. The molecule has 0 aromatic carbocycles. The van der Waals surface area contributed by atoms with Crippen LogP contribution in [0, 0.1) is 11.3 Å². The van der Waals surface area contributed by atoms with Crippen LogP contribution in [-0.2, 0) is 4.79 Å². The molecule has 0 saturated heterocycles. The molecular weight excluding hydrogens is 198 g/mol. The monoisotopic (exact) mass is 217 g/mol. The van der Waals surface area contributed by atoms with Gasteiger partial charge < -0.3 is 4.90 Å². The average molecular weight is 218 g/mol. The molecule has 2 nitrogen and oxygen atoms in total. The first kappa shape index (κ1) is 11.8. The van der Waals surface area contributed by atoms with E-state index in [9.17, 15) is 4.79 Å². The van der Waals surface area contributed by atoms with Gasteiger partial charge in [0.15, 0.2) is 0 Å². The van der Waals surface area contributed by atoms with Crippen LogP contribution >= 0.6 is 11.6 Å². The Morgan fingerprint density at radius 3 is 2.29 bits per heavy atom. The Morgan fingerprint density at radius 1 is 1.43 bits per heavy atom. The Labute approximate surface area is 91.6 Å². The molecule has 3 heteroatoms. The van der Waals surface area contributed by atoms with Crippen molar-refractivity contribution in [3.63, 3.8) is 0 Å². The Kier molecular flexibility index (Phi) is 3.46. The van der Waals surface area contributed by atoms with Crippen molar-refractivity contribution in [2.45, 2.75) is 39.0 Å². The topological polar surface area (TPSA) is 20.3 Å². The summed E-state index contributed by atoms with van der Waals surface area (Å²) in [5.41, 5.74) is -0.265. The average Bonchev–Trinajstić information content (AvgIpc) is 1.98. The van der Waals surface area contributed by atoms with E-state index in [-0.39, 0.29) is 11.3 Å². The molecule has 0 radical (unpaired) electrons. The normalized spacial score (nSPS) is 26.9. The second kappa shape index (κ2) is 4.09. The van der Waals surface area contributed by atoms with Gasteiger partial charge in [-0.3, -0.25) is 4.79 Å². The Bertz CT molecular complexity index is 216. The molecule has 0 bridgehead atoms. The van der Waals surface area contributed by atoms with E-state index in [0.29, 0.717) is 11.3 Å². The number of amides is 1. The van der Waals surface area contributed by atoms with Crippen LogP contribution in [0.15, 0.2) is 0 Å². The number of halogens is 1. The molecule has 0 unspecified atom stereocenters. The lowest BCUT2D eigenvalue weighted by atomic mass is 9.84. The third-order valence-corrected chi connectivity index (χ3v) is 3.05. The molecule has 1 saturated carbocycles. The van der Waals surface area contributed by atoms with Gasteiger partial charge in [0, 0.05) is 24.4 Å². The van der Waals surface area contributed by atoms with Crippen LogP contribution < -0.4 is 0 Å². The first-order valence-electron chi connectivity index (χ1n) is 5.20. The molecule has 1 amide bonds. The molecule has 82 valence electrons. The summed E-state index contributed by atoms with van der Waals surface area (Å²) in [7, 11) is 1.88. The smallest absolute Gasteiger partial charge is 0.227 e. The first-order valence-corrected chi connectivity index (χ1v) is 5.64. The molecule has 0 aromatic heterocycles. The van der Waals surface area contributed by atoms with Crippen molar-refractivity contribution in [2.75, 3.05) is 13.6 Å². The maximum absolute atomic E-state index is 11.8. The number of carbonyl (C=O) groups excluding carboxylic acids is 1. The van der Waals surface area contributed by atoms with Crippen molar-refractivity contribution < 1.29 is 4.79 Å². The maximum Gasteiger partial charge on any atom is 0.227 e. The van der Waals surface area contributed by atoms with Crippen molar-refractivity contribution >= 4 is 17.5 Å². The number of nitrogens with zero attached hydrogens (tertiary/aromatic N) is 1. The Morgan fingerprint density at radius 2 is 1.93 bits per heavy atom. The molecule has 0 N–H and O–H groups in total. The summed E-state index contributed by atoms with van der Waals surface area (Å²) in [4.78, 5) is 13.7. The van der Waals surface area contributed by atoms with Crippen molar-refractivity contribution in [3.05, 3.63) is 0 Å². The predicted octanol–water partition coefficient (Wildman–Crippen LogP) is 2.51. The molecule has 1 aliphatic rings. The largest absolute Gasteiger partial charge is 0.345 e. The van der Waals surface area contributed by atoms with E-state index in [1.807, 2.05) is 32.7 Å². The molecule has 0 atom stereocenters. The number of hydrogen-bond acceptors (Lipinski definition) is 1. The van der Waals surface area contributed by atoms with Crippen LogP contribution in [0.2, 0.25) is 0 Å². The van der Waals surface area contributed by atoms with Gasteiger partial charge in [-0.25, -0.2) is 0 Å². The minimum atomic E-state index is -0.265. The highest BCUT2D eigenvalue weighted by atomic mass is 35.5. The first-order chi connectivity index (χ1) is 6.30. The van der Waals surface area contributed by atoms with E-state index in [1.165, 1.54) is 0 Å². The van der Waals surface area contributed by atoms with Crippen LogP contribution in [0.5, 0.6) is 0 Å². The van der Waals surface area contributed by atoms with Crippen molar-refractivity contribution in [3.8, 4) is 0 Å². The molecule has 0 heterocycles. The van der Waals surface area contributed by atoms with Gasteiger partial charge in [0.25, 0.3) is 0 Å². The lowest BCUT2D eigenvalue weighted by Crippen LogP contribution is -2.42. The molecule has 14 heavy (non-hydrogen) atoms. The van der Waals surface area contributed by atoms with E-state index in [0.717, 1.165) is 19.4 Å². The lowest BCUT2D eigenvalue weighted by molar-refractivity contribution is -0.139. The standard InChI is InChI=1S/C11H20ClNO/c1-11(2,3)10(14)13(4)7-8-5-9(12)6-8/h8-9H,5-7H2,1-4H3. The summed E-state index contributed by atoms with van der Waals surface area (Å²) >= 11 is 5.89. The molecular formula is C11H20ClNO. The SMILES string of the molecule is CN(CC1CC(Cl)C1)C(=O)C(C)(C)C. The zero-order valence-electron chi connectivity index (χ0n) is 9.51. The fourth-order valence-electron chi connectivity index (χ4n) is 1.85. The van der Waals surface area contributed by atoms with Crippen LogP contribution in [0.4, 0.5) is 0 Å². The van der Waals surface area contributed by atoms with E-state index in [1.54, 1.807) is 0 Å². The molecule has 0 aromatic rings. The Hall–Kier alpha value is -0.240. The molecule has 1 rings (SSSR count). The number of alkyl halides is 1. The summed E-state index contributed by atoms with van der Waals surface area (Å²) in [6.45, 7) is 6.73. The predicted molar refractivity (Wildman–Crippen MR) is 59.5 cm³/mol. The molecule has 1 fully saturated rings. The van der Waals surface area contributed by atoms with Crippen molar-refractivity contribution in [1.82, 2.24) is 4.90 Å². The fraction of sp³-hybridized carbons (Fsp3) is 0.909. The van der Waals surface area contributed by atoms with E-state index in [2.05, 4.69) is 0 Å². The summed E-state index contributed by atoms with van der Waals surface area (Å²) in [5.74, 6) is 0.837. The highest BCUT2D eigenvalue weighted by Gasteiger charge is 2.31. The van der Waals surface area contributed by atoms with E-state index >= 15 is 0 Å². The van der Waals surface area contributed by atoms with Gasteiger partial charge in [-0.05, 0) is 18.8 Å². The Balaban J connectivity index is 2.35. The van der Waals surface area contributed by atoms with Gasteiger partial charge in [-0.15, -0.1) is 11.6 Å². The fourth-order valence-corrected chi connectivity index (χ4v) is 2.35. The molecule has 0 spiro atoms. The second-order valence-corrected chi connectivity index (χ2v) is 5.99. The highest BCUT2D eigenvalue weighted by Crippen LogP contribution is 2.32. The van der Waals surface area contributed by atoms with Gasteiger partial charge in [-0.2, -0.15) is 0 Å². The van der Waals surface area contributed by atoms with E-state index < -0.39 is 0 Å². The van der Waals surface area contributed by atoms with Crippen molar-refractivity contribution in [1.29, 1.82) is 0 Å². The van der Waals surface area contributed by atoms with Gasteiger partial charge >= 0.3 is 0 Å². The summed E-state index contributed by atoms with van der Waals surface area (Å²) in [6.07, 6.45) is 2.12. The second-order valence-electron chi connectivity index (χ2n) is 5.37.